The smallest absolute Gasteiger partial charge is 0.313 e. The second kappa shape index (κ2) is 13.7. The number of amides is 3. The van der Waals surface area contributed by atoms with Crippen LogP contribution in [-0.4, -0.2) is 109 Å². The Balaban J connectivity index is 1.32. The van der Waals surface area contributed by atoms with Crippen molar-refractivity contribution in [2.45, 2.75) is 76.2 Å². The number of fused-ring (bicyclic) bond motifs is 3. The molecule has 2 aromatic carbocycles. The zero-order chi connectivity index (χ0) is 36.0. The summed E-state index contributed by atoms with van der Waals surface area (Å²) in [6.45, 7) is 5.45. The molecule has 5 heterocycles. The first-order chi connectivity index (χ1) is 24.6. The van der Waals surface area contributed by atoms with Gasteiger partial charge in [-0.3, -0.25) is 19.2 Å². The molecule has 1 N–H and O–H groups in total. The fourth-order valence-corrected chi connectivity index (χ4v) is 8.16. The lowest BCUT2D eigenvalue weighted by atomic mass is 9.77. The topological polar surface area (TPSA) is 147 Å². The maximum atomic E-state index is 14.9. The van der Waals surface area contributed by atoms with Gasteiger partial charge in [0.2, 0.25) is 11.8 Å². The van der Waals surface area contributed by atoms with Gasteiger partial charge in [0.05, 0.1) is 36.2 Å². The first kappa shape index (κ1) is 34.6. The van der Waals surface area contributed by atoms with Crippen LogP contribution in [0.3, 0.4) is 0 Å². The van der Waals surface area contributed by atoms with E-state index in [4.69, 9.17) is 9.47 Å². The van der Waals surface area contributed by atoms with E-state index >= 15 is 0 Å². The van der Waals surface area contributed by atoms with E-state index in [0.717, 1.165) is 5.52 Å². The van der Waals surface area contributed by atoms with E-state index in [1.165, 1.54) is 4.90 Å². The number of hydrogen-bond donors (Lipinski definition) is 1. The molecule has 0 aliphatic carbocycles. The predicted molar refractivity (Wildman–Crippen MR) is 185 cm³/mol. The fraction of sp³-hybridized carbons (Fsp3) is 0.474. The maximum absolute atomic E-state index is 14.9. The van der Waals surface area contributed by atoms with Gasteiger partial charge < -0.3 is 29.3 Å². The molecule has 1 aromatic heterocycles. The number of likely N-dealkylation sites (N-methyl/N-ethyl adjacent to an activating group) is 1. The van der Waals surface area contributed by atoms with Gasteiger partial charge in [-0.15, -0.1) is 5.10 Å². The van der Waals surface area contributed by atoms with Gasteiger partial charge in [-0.1, -0.05) is 85.8 Å². The Bertz CT molecular complexity index is 1880. The number of allylic oxidation sites excluding steroid dienone is 1. The van der Waals surface area contributed by atoms with Crippen LogP contribution in [0.25, 0.3) is 11.0 Å². The van der Waals surface area contributed by atoms with E-state index in [1.807, 2.05) is 75.4 Å². The third kappa shape index (κ3) is 5.81. The van der Waals surface area contributed by atoms with Crippen molar-refractivity contribution in [1.82, 2.24) is 29.7 Å². The van der Waals surface area contributed by atoms with Crippen molar-refractivity contribution >= 4 is 34.7 Å². The number of aliphatic hydroxyl groups excluding tert-OH is 1. The molecule has 268 valence electrons. The van der Waals surface area contributed by atoms with Gasteiger partial charge in [0, 0.05) is 20.0 Å². The van der Waals surface area contributed by atoms with Gasteiger partial charge in [0.1, 0.15) is 35.9 Å². The average Bonchev–Trinajstić information content (AvgIpc) is 3.72. The molecular formula is C38H44N6O7. The first-order valence-corrected chi connectivity index (χ1v) is 17.6. The fourth-order valence-electron chi connectivity index (χ4n) is 8.16. The van der Waals surface area contributed by atoms with Crippen LogP contribution in [0.1, 0.15) is 45.3 Å². The molecule has 0 bridgehead atoms. The highest BCUT2D eigenvalue weighted by molar-refractivity contribution is 5.99. The van der Waals surface area contributed by atoms with E-state index in [2.05, 4.69) is 10.3 Å². The molecule has 0 radical (unpaired) electrons. The van der Waals surface area contributed by atoms with Gasteiger partial charge >= 0.3 is 5.97 Å². The number of benzene rings is 2. The number of nitrogens with zero attached hydrogens (tertiary/aromatic N) is 6. The van der Waals surface area contributed by atoms with Crippen molar-refractivity contribution in [3.63, 3.8) is 0 Å². The van der Waals surface area contributed by atoms with Crippen LogP contribution in [0.2, 0.25) is 0 Å². The molecular weight excluding hydrogens is 652 g/mol. The molecule has 3 aromatic rings. The number of carbonyl (C=O) groups is 4. The van der Waals surface area contributed by atoms with Crippen molar-refractivity contribution in [3.8, 4) is 0 Å². The van der Waals surface area contributed by atoms with Gasteiger partial charge in [0.15, 0.2) is 0 Å². The average molecular weight is 697 g/mol. The molecule has 0 unspecified atom stereocenters. The van der Waals surface area contributed by atoms with E-state index in [0.29, 0.717) is 17.5 Å². The Morgan fingerprint density at radius 2 is 1.75 bits per heavy atom. The highest BCUT2D eigenvalue weighted by Crippen LogP contribution is 2.54. The Hall–Kier alpha value is -4.88. The summed E-state index contributed by atoms with van der Waals surface area (Å²) in [5, 5.41) is 19.2. The summed E-state index contributed by atoms with van der Waals surface area (Å²) in [7, 11) is 1.70. The number of esters is 1. The van der Waals surface area contributed by atoms with Crippen LogP contribution >= 0.6 is 0 Å². The van der Waals surface area contributed by atoms with Crippen LogP contribution in [0, 0.1) is 17.8 Å². The van der Waals surface area contributed by atoms with Gasteiger partial charge in [0.25, 0.3) is 5.91 Å². The Kier molecular flexibility index (Phi) is 9.27. The number of cyclic esters (lactones) is 1. The van der Waals surface area contributed by atoms with Crippen molar-refractivity contribution < 1.29 is 33.8 Å². The van der Waals surface area contributed by atoms with Crippen LogP contribution in [0.5, 0.6) is 0 Å². The number of ether oxygens (including phenoxy) is 2. The summed E-state index contributed by atoms with van der Waals surface area (Å²) in [4.78, 5) is 62.3. The molecule has 3 amide bonds. The minimum absolute atomic E-state index is 0.0570. The number of rotatable bonds is 6. The number of likely N-dealkylation sites (tertiary alicyclic amines) is 1. The summed E-state index contributed by atoms with van der Waals surface area (Å²) < 4.78 is 14.8. The number of carbonyl (C=O) groups excluding carboxylic acids is 4. The minimum Gasteiger partial charge on any atom is -0.455 e. The molecule has 13 heteroatoms. The molecule has 4 aliphatic rings. The molecule has 2 saturated heterocycles. The second-order valence-electron chi connectivity index (χ2n) is 14.2. The largest absolute Gasteiger partial charge is 0.455 e. The molecule has 0 saturated carbocycles. The van der Waals surface area contributed by atoms with Gasteiger partial charge in [-0.2, -0.15) is 0 Å². The highest BCUT2D eigenvalue weighted by Gasteiger charge is 2.72. The van der Waals surface area contributed by atoms with Crippen molar-refractivity contribution in [2.75, 3.05) is 20.2 Å². The van der Waals surface area contributed by atoms with Crippen molar-refractivity contribution in [3.05, 3.63) is 84.5 Å². The lowest BCUT2D eigenvalue weighted by molar-refractivity contribution is -0.165. The van der Waals surface area contributed by atoms with E-state index in [-0.39, 0.29) is 38.1 Å². The van der Waals surface area contributed by atoms with Crippen molar-refractivity contribution in [2.24, 2.45) is 17.8 Å². The second-order valence-corrected chi connectivity index (χ2v) is 14.2. The summed E-state index contributed by atoms with van der Waals surface area (Å²) in [5.74, 6) is -4.08. The van der Waals surface area contributed by atoms with Gasteiger partial charge in [-0.25, -0.2) is 4.68 Å². The standard InChI is InChI=1S/C38H44N6O7/c1-23(2)28(21-45)44-34-36(48)42(22-43-27-16-9-8-15-26(27)39-40-43)20-12-19-38(34)32(35(44)47)31-29(51-38)17-10-11-18-30(46)41(4)24(3)33(50-37(31)49)25-13-6-5-7-14-25/h5-10,12-17,19,23-24,28-29,31-34,45H,11,18,20-22H2,1-4H3/b17-10-/t24-,28+,29-,31+,32+,33+,34-,38+/m1/s1. The molecule has 13 nitrogen and oxygen atoms in total. The Morgan fingerprint density at radius 3 is 2.49 bits per heavy atom. The zero-order valence-corrected chi connectivity index (χ0v) is 29.2. The van der Waals surface area contributed by atoms with Crippen LogP contribution in [-0.2, 0) is 35.3 Å². The molecule has 8 atom stereocenters. The molecule has 2 fully saturated rings. The Morgan fingerprint density at radius 1 is 1.00 bits per heavy atom. The third-order valence-corrected chi connectivity index (χ3v) is 11.0. The van der Waals surface area contributed by atoms with E-state index in [9.17, 15) is 24.3 Å². The minimum atomic E-state index is -1.55. The number of aromatic nitrogens is 3. The lowest BCUT2D eigenvalue weighted by Crippen LogP contribution is -2.59. The predicted octanol–water partition coefficient (Wildman–Crippen LogP) is 2.87. The number of aliphatic hydroxyl groups is 1. The van der Waals surface area contributed by atoms with Gasteiger partial charge in [-0.05, 0) is 37.0 Å². The summed E-state index contributed by atoms with van der Waals surface area (Å²) in [6, 6.07) is 14.2. The molecule has 51 heavy (non-hydrogen) atoms. The third-order valence-electron chi connectivity index (χ3n) is 11.0. The van der Waals surface area contributed by atoms with Crippen LogP contribution in [0.15, 0.2) is 78.9 Å². The van der Waals surface area contributed by atoms with Crippen LogP contribution < -0.4 is 0 Å². The summed E-state index contributed by atoms with van der Waals surface area (Å²) >= 11 is 0. The normalized spacial score (nSPS) is 31.1. The number of hydrogen-bond acceptors (Lipinski definition) is 9. The summed E-state index contributed by atoms with van der Waals surface area (Å²) in [5.41, 5.74) is 0.582. The van der Waals surface area contributed by atoms with Crippen molar-refractivity contribution in [1.29, 1.82) is 0 Å². The quantitative estimate of drug-likeness (QED) is 0.304. The highest BCUT2D eigenvalue weighted by atomic mass is 16.6. The van der Waals surface area contributed by atoms with E-state index < -0.39 is 65.6 Å². The SMILES string of the molecule is CC(C)[C@H](CO)N1C(=O)[C@@H]2[C@H]3C(=O)O[C@H](c4ccccc4)[C@@H](C)N(C)C(=O)CC/C=C\[C@H]3O[C@@]23C=CCN(Cn2nnc4ccccc42)C(=O)[C@@H]13. The maximum Gasteiger partial charge on any atom is 0.313 e. The monoisotopic (exact) mass is 696 g/mol. The molecule has 1 spiro atoms. The zero-order valence-electron chi connectivity index (χ0n) is 29.2. The Labute approximate surface area is 296 Å². The molecule has 4 aliphatic heterocycles. The van der Waals surface area contributed by atoms with Crippen LogP contribution in [0.4, 0.5) is 0 Å². The first-order valence-electron chi connectivity index (χ1n) is 17.6. The molecule has 7 rings (SSSR count). The lowest BCUT2D eigenvalue weighted by Gasteiger charge is -2.39. The number of para-hydroxylation sites is 1. The van der Waals surface area contributed by atoms with E-state index in [1.54, 1.807) is 45.8 Å². The summed E-state index contributed by atoms with van der Waals surface area (Å²) in [6.07, 6.45) is 5.93.